The third-order valence-electron chi connectivity index (χ3n) is 4.21. The number of hydrogen-bond donors (Lipinski definition) is 2. The zero-order valence-corrected chi connectivity index (χ0v) is 15.8. The van der Waals surface area contributed by atoms with Crippen molar-refractivity contribution in [1.29, 1.82) is 0 Å². The van der Waals surface area contributed by atoms with Crippen LogP contribution in [0.1, 0.15) is 39.2 Å². The summed E-state index contributed by atoms with van der Waals surface area (Å²) in [7, 11) is 0. The average molecular weight is 355 g/mol. The van der Waals surface area contributed by atoms with E-state index < -0.39 is 0 Å². The van der Waals surface area contributed by atoms with E-state index in [2.05, 4.69) is 43.5 Å². The van der Waals surface area contributed by atoms with E-state index in [1.165, 1.54) is 5.56 Å². The Morgan fingerprint density at radius 3 is 2.67 bits per heavy atom. The van der Waals surface area contributed by atoms with Crippen LogP contribution in [-0.2, 0) is 11.2 Å². The second kappa shape index (κ2) is 10.6. The molecule has 1 aliphatic rings. The van der Waals surface area contributed by atoms with Crippen LogP contribution in [0.4, 0.5) is 0 Å². The third-order valence-corrected chi connectivity index (χ3v) is 4.21. The largest absolute Gasteiger partial charge is 0.493 e. The van der Waals surface area contributed by atoms with E-state index in [4.69, 9.17) is 4.74 Å². The molecule has 1 saturated heterocycles. The van der Waals surface area contributed by atoms with Gasteiger partial charge in [-0.1, -0.05) is 26.0 Å². The quantitative estimate of drug-likeness (QED) is 0.790. The molecule has 5 heteroatoms. The van der Waals surface area contributed by atoms with Crippen molar-refractivity contribution in [2.24, 2.45) is 11.8 Å². The number of ether oxygens (including phenoxy) is 1. The highest BCUT2D eigenvalue weighted by Crippen LogP contribution is 2.16. The van der Waals surface area contributed by atoms with Gasteiger partial charge in [-0.25, -0.2) is 0 Å². The van der Waals surface area contributed by atoms with Gasteiger partial charge < -0.3 is 15.4 Å². The molecule has 0 bridgehead atoms. The number of carbonyl (C=O) groups excluding carboxylic acids is 1. The van der Waals surface area contributed by atoms with Gasteiger partial charge in [0.25, 0.3) is 0 Å². The number of piperidine rings is 1. The van der Waals surface area contributed by atoms with Crippen molar-refractivity contribution in [3.8, 4) is 5.75 Å². The van der Waals surface area contributed by atoms with Crippen molar-refractivity contribution >= 4 is 18.3 Å². The lowest BCUT2D eigenvalue weighted by molar-refractivity contribution is -0.126. The Kier molecular flexibility index (Phi) is 9.16. The van der Waals surface area contributed by atoms with Gasteiger partial charge in [0.2, 0.25) is 5.91 Å². The number of rotatable bonds is 7. The Labute approximate surface area is 152 Å². The van der Waals surface area contributed by atoms with Crippen molar-refractivity contribution in [2.75, 3.05) is 19.7 Å². The Bertz CT molecular complexity index is 491. The number of hydrogen-bond acceptors (Lipinski definition) is 3. The molecule has 2 N–H and O–H groups in total. The third kappa shape index (κ3) is 7.10. The highest BCUT2D eigenvalue weighted by molar-refractivity contribution is 5.85. The normalized spacial score (nSPS) is 20.3. The average Bonchev–Trinajstić information content (AvgIpc) is 2.54. The van der Waals surface area contributed by atoms with Crippen molar-refractivity contribution in [2.45, 2.75) is 46.1 Å². The summed E-state index contributed by atoms with van der Waals surface area (Å²) in [5, 5.41) is 6.46. The summed E-state index contributed by atoms with van der Waals surface area (Å²) in [6, 6.07) is 8.61. The van der Waals surface area contributed by atoms with Crippen LogP contribution >= 0.6 is 12.4 Å². The van der Waals surface area contributed by atoms with Gasteiger partial charge in [0, 0.05) is 18.5 Å². The lowest BCUT2D eigenvalue weighted by Gasteiger charge is -2.27. The first-order chi connectivity index (χ1) is 11.0. The molecular weight excluding hydrogens is 324 g/mol. The molecule has 136 valence electrons. The maximum atomic E-state index is 12.2. The van der Waals surface area contributed by atoms with Crippen molar-refractivity contribution in [3.63, 3.8) is 0 Å². The Morgan fingerprint density at radius 2 is 2.04 bits per heavy atom. The van der Waals surface area contributed by atoms with Gasteiger partial charge in [-0.3, -0.25) is 4.79 Å². The van der Waals surface area contributed by atoms with E-state index in [9.17, 15) is 4.79 Å². The van der Waals surface area contributed by atoms with Gasteiger partial charge in [-0.15, -0.1) is 12.4 Å². The molecule has 24 heavy (non-hydrogen) atoms. The van der Waals surface area contributed by atoms with Crippen molar-refractivity contribution in [1.82, 2.24) is 10.6 Å². The lowest BCUT2D eigenvalue weighted by atomic mass is 9.92. The van der Waals surface area contributed by atoms with E-state index in [1.807, 2.05) is 12.1 Å². The van der Waals surface area contributed by atoms with Crippen LogP contribution in [0.5, 0.6) is 5.75 Å². The minimum Gasteiger partial charge on any atom is -0.493 e. The standard InChI is InChI=1S/C19H30N2O2.ClH/c1-14(2)13-23-18-6-4-16(5-7-18)8-10-21-19(22)17-9-11-20-15(3)12-17;/h4-7,14-15,17,20H,8-13H2,1-3H3,(H,21,22);1H/t15-,17-;/m0./s1. The van der Waals surface area contributed by atoms with Crippen LogP contribution in [0.25, 0.3) is 0 Å². The van der Waals surface area contributed by atoms with Crippen molar-refractivity contribution in [3.05, 3.63) is 29.8 Å². The van der Waals surface area contributed by atoms with E-state index >= 15 is 0 Å². The van der Waals surface area contributed by atoms with Crippen LogP contribution < -0.4 is 15.4 Å². The SMILES string of the molecule is CC(C)COc1ccc(CCNC(=O)[C@H]2CCN[C@@H](C)C2)cc1.Cl. The number of nitrogens with one attached hydrogen (secondary N) is 2. The van der Waals surface area contributed by atoms with Crippen LogP contribution in [0.3, 0.4) is 0 Å². The Morgan fingerprint density at radius 1 is 1.33 bits per heavy atom. The molecule has 1 aromatic rings. The molecule has 1 fully saturated rings. The molecule has 2 rings (SSSR count). The van der Waals surface area contributed by atoms with E-state index in [1.54, 1.807) is 0 Å². The highest BCUT2D eigenvalue weighted by Gasteiger charge is 2.24. The van der Waals surface area contributed by atoms with E-state index in [0.29, 0.717) is 18.5 Å². The fourth-order valence-electron chi connectivity index (χ4n) is 2.86. The topological polar surface area (TPSA) is 50.4 Å². The minimum absolute atomic E-state index is 0. The maximum absolute atomic E-state index is 12.2. The van der Waals surface area contributed by atoms with Gasteiger partial charge in [-0.05, 0) is 56.3 Å². The van der Waals surface area contributed by atoms with E-state index in [-0.39, 0.29) is 24.2 Å². The molecule has 1 aliphatic heterocycles. The second-order valence-electron chi connectivity index (χ2n) is 6.97. The predicted molar refractivity (Wildman–Crippen MR) is 101 cm³/mol. The van der Waals surface area contributed by atoms with Gasteiger partial charge in [0.05, 0.1) is 6.61 Å². The monoisotopic (exact) mass is 354 g/mol. The zero-order valence-electron chi connectivity index (χ0n) is 15.0. The van der Waals surface area contributed by atoms with Gasteiger partial charge in [0.15, 0.2) is 0 Å². The van der Waals surface area contributed by atoms with Crippen LogP contribution in [-0.4, -0.2) is 31.6 Å². The molecule has 0 aliphatic carbocycles. The molecule has 0 radical (unpaired) electrons. The molecule has 0 saturated carbocycles. The second-order valence-corrected chi connectivity index (χ2v) is 6.97. The zero-order chi connectivity index (χ0) is 16.7. The molecule has 0 unspecified atom stereocenters. The molecule has 2 atom stereocenters. The molecule has 0 aromatic heterocycles. The molecule has 0 spiro atoms. The minimum atomic E-state index is 0. The highest BCUT2D eigenvalue weighted by atomic mass is 35.5. The number of amides is 1. The molecular formula is C19H31ClN2O2. The summed E-state index contributed by atoms with van der Waals surface area (Å²) in [6.07, 6.45) is 2.74. The van der Waals surface area contributed by atoms with E-state index in [0.717, 1.165) is 38.2 Å². The first-order valence-corrected chi connectivity index (χ1v) is 8.77. The summed E-state index contributed by atoms with van der Waals surface area (Å²) in [5.74, 6) is 1.81. The molecule has 1 aromatic carbocycles. The first kappa shape index (κ1) is 20.8. The predicted octanol–water partition coefficient (Wildman–Crippen LogP) is 3.19. The summed E-state index contributed by atoms with van der Waals surface area (Å²) < 4.78 is 5.68. The number of halogens is 1. The van der Waals surface area contributed by atoms with Crippen LogP contribution in [0.15, 0.2) is 24.3 Å². The Hall–Kier alpha value is -1.26. The molecule has 1 amide bonds. The smallest absolute Gasteiger partial charge is 0.223 e. The van der Waals surface area contributed by atoms with Gasteiger partial charge >= 0.3 is 0 Å². The molecule has 4 nitrogen and oxygen atoms in total. The lowest BCUT2D eigenvalue weighted by Crippen LogP contribution is -2.42. The summed E-state index contributed by atoms with van der Waals surface area (Å²) in [6.45, 7) is 8.80. The fourth-order valence-corrected chi connectivity index (χ4v) is 2.86. The van der Waals surface area contributed by atoms with Gasteiger partial charge in [-0.2, -0.15) is 0 Å². The fraction of sp³-hybridized carbons (Fsp3) is 0.632. The molecule has 1 heterocycles. The number of benzene rings is 1. The maximum Gasteiger partial charge on any atom is 0.223 e. The first-order valence-electron chi connectivity index (χ1n) is 8.77. The van der Waals surface area contributed by atoms with Crippen molar-refractivity contribution < 1.29 is 9.53 Å². The number of carbonyl (C=O) groups is 1. The van der Waals surface area contributed by atoms with Gasteiger partial charge in [0.1, 0.15) is 5.75 Å². The summed E-state index contributed by atoms with van der Waals surface area (Å²) in [4.78, 5) is 12.2. The van der Waals surface area contributed by atoms with Crippen LogP contribution in [0.2, 0.25) is 0 Å². The summed E-state index contributed by atoms with van der Waals surface area (Å²) in [5.41, 5.74) is 1.22. The van der Waals surface area contributed by atoms with Crippen LogP contribution in [0, 0.1) is 11.8 Å². The summed E-state index contributed by atoms with van der Waals surface area (Å²) >= 11 is 0. The Balaban J connectivity index is 0.00000288.